The number of aliphatic hydroxyl groups excluding tert-OH is 1. The van der Waals surface area contributed by atoms with E-state index in [-0.39, 0.29) is 12.6 Å². The zero-order chi connectivity index (χ0) is 12.9. The molecule has 1 aliphatic rings. The Morgan fingerprint density at radius 1 is 1.53 bits per heavy atom. The van der Waals surface area contributed by atoms with E-state index < -0.39 is 10.0 Å². The third-order valence-electron chi connectivity index (χ3n) is 3.27. The number of aliphatic hydroxyl groups is 1. The zero-order valence-electron chi connectivity index (χ0n) is 10.7. The van der Waals surface area contributed by atoms with Gasteiger partial charge < -0.3 is 10.4 Å². The molecular formula is C11H24N2O3S. The van der Waals surface area contributed by atoms with E-state index in [0.717, 1.165) is 25.8 Å². The minimum Gasteiger partial charge on any atom is -0.396 e. The smallest absolute Gasteiger partial charge is 0.211 e. The van der Waals surface area contributed by atoms with Crippen molar-refractivity contribution in [2.75, 3.05) is 32.5 Å². The van der Waals surface area contributed by atoms with Crippen LogP contribution >= 0.6 is 0 Å². The van der Waals surface area contributed by atoms with Crippen molar-refractivity contribution in [2.24, 2.45) is 5.92 Å². The van der Waals surface area contributed by atoms with E-state index in [2.05, 4.69) is 5.32 Å². The number of piperidine rings is 1. The molecule has 1 fully saturated rings. The molecule has 0 aromatic heterocycles. The molecule has 0 saturated carbocycles. The van der Waals surface area contributed by atoms with Crippen LogP contribution in [0.3, 0.4) is 0 Å². The molecule has 0 aliphatic carbocycles. The van der Waals surface area contributed by atoms with Gasteiger partial charge in [-0.3, -0.25) is 0 Å². The maximum absolute atomic E-state index is 11.4. The lowest BCUT2D eigenvalue weighted by Gasteiger charge is -2.31. The highest BCUT2D eigenvalue weighted by molar-refractivity contribution is 7.88. The third kappa shape index (κ3) is 5.33. The maximum Gasteiger partial charge on any atom is 0.211 e. The van der Waals surface area contributed by atoms with E-state index in [4.69, 9.17) is 5.11 Å². The van der Waals surface area contributed by atoms with Crippen LogP contribution in [-0.2, 0) is 10.0 Å². The SMILES string of the molecule is CC(CCO)NCC1CCCN(S(C)(=O)=O)C1. The molecule has 2 unspecified atom stereocenters. The average molecular weight is 264 g/mol. The summed E-state index contributed by atoms with van der Waals surface area (Å²) in [6, 6.07) is 0.286. The Bertz CT molecular complexity index is 319. The summed E-state index contributed by atoms with van der Waals surface area (Å²) >= 11 is 0. The largest absolute Gasteiger partial charge is 0.396 e. The highest BCUT2D eigenvalue weighted by Crippen LogP contribution is 2.18. The van der Waals surface area contributed by atoms with Gasteiger partial charge in [-0.2, -0.15) is 0 Å². The van der Waals surface area contributed by atoms with Gasteiger partial charge in [0, 0.05) is 25.7 Å². The second-order valence-electron chi connectivity index (χ2n) is 4.95. The van der Waals surface area contributed by atoms with Gasteiger partial charge in [-0.25, -0.2) is 12.7 Å². The maximum atomic E-state index is 11.4. The second kappa shape index (κ2) is 6.68. The molecule has 5 nitrogen and oxygen atoms in total. The molecule has 17 heavy (non-hydrogen) atoms. The zero-order valence-corrected chi connectivity index (χ0v) is 11.5. The molecule has 1 aliphatic heterocycles. The second-order valence-corrected chi connectivity index (χ2v) is 6.93. The van der Waals surface area contributed by atoms with E-state index in [1.807, 2.05) is 6.92 Å². The summed E-state index contributed by atoms with van der Waals surface area (Å²) in [6.07, 6.45) is 4.03. The molecule has 0 amide bonds. The molecule has 0 aromatic carbocycles. The highest BCUT2D eigenvalue weighted by Gasteiger charge is 2.25. The molecule has 1 rings (SSSR count). The standard InChI is InChI=1S/C11H24N2O3S/c1-10(5-7-14)12-8-11-4-3-6-13(9-11)17(2,15)16/h10-12,14H,3-9H2,1-2H3. The molecule has 0 bridgehead atoms. The predicted octanol–water partition coefficient (Wildman–Crippen LogP) is 0.0185. The van der Waals surface area contributed by atoms with Crippen molar-refractivity contribution in [1.82, 2.24) is 9.62 Å². The van der Waals surface area contributed by atoms with Gasteiger partial charge >= 0.3 is 0 Å². The van der Waals surface area contributed by atoms with Crippen LogP contribution in [0.4, 0.5) is 0 Å². The normalized spacial score (nSPS) is 24.8. The van der Waals surface area contributed by atoms with E-state index in [9.17, 15) is 8.42 Å². The van der Waals surface area contributed by atoms with Gasteiger partial charge in [0.25, 0.3) is 0 Å². The first kappa shape index (κ1) is 14.9. The Labute approximate surface area is 104 Å². The van der Waals surface area contributed by atoms with Crippen molar-refractivity contribution in [3.8, 4) is 0 Å². The van der Waals surface area contributed by atoms with E-state index in [1.54, 1.807) is 4.31 Å². The molecule has 1 saturated heterocycles. The number of nitrogens with zero attached hydrogens (tertiary/aromatic N) is 1. The first-order chi connectivity index (χ1) is 7.93. The Morgan fingerprint density at radius 3 is 2.82 bits per heavy atom. The van der Waals surface area contributed by atoms with Crippen molar-refractivity contribution in [1.29, 1.82) is 0 Å². The van der Waals surface area contributed by atoms with Crippen LogP contribution in [0, 0.1) is 5.92 Å². The Kier molecular flexibility index (Phi) is 5.85. The molecule has 6 heteroatoms. The molecular weight excluding hydrogens is 240 g/mol. The lowest BCUT2D eigenvalue weighted by Crippen LogP contribution is -2.43. The van der Waals surface area contributed by atoms with Crippen LogP contribution in [0.1, 0.15) is 26.2 Å². The van der Waals surface area contributed by atoms with E-state index in [0.29, 0.717) is 19.0 Å². The fourth-order valence-corrected chi connectivity index (χ4v) is 3.10. The molecule has 0 radical (unpaired) electrons. The minimum atomic E-state index is -3.04. The first-order valence-electron chi connectivity index (χ1n) is 6.23. The highest BCUT2D eigenvalue weighted by atomic mass is 32.2. The molecule has 102 valence electrons. The van der Waals surface area contributed by atoms with Gasteiger partial charge in [0.1, 0.15) is 0 Å². The van der Waals surface area contributed by atoms with Gasteiger partial charge in [0.15, 0.2) is 0 Å². The summed E-state index contributed by atoms with van der Waals surface area (Å²) in [5.74, 6) is 0.389. The van der Waals surface area contributed by atoms with Gasteiger partial charge in [0.2, 0.25) is 10.0 Å². The number of hydrogen-bond donors (Lipinski definition) is 2. The van der Waals surface area contributed by atoms with Crippen LogP contribution in [-0.4, -0.2) is 56.4 Å². The lowest BCUT2D eigenvalue weighted by molar-refractivity contribution is 0.240. The Balaban J connectivity index is 2.35. The molecule has 2 N–H and O–H groups in total. The third-order valence-corrected chi connectivity index (χ3v) is 4.54. The number of rotatable bonds is 6. The average Bonchev–Trinajstić information content (AvgIpc) is 2.26. The van der Waals surface area contributed by atoms with Crippen molar-refractivity contribution in [2.45, 2.75) is 32.2 Å². The number of hydrogen-bond acceptors (Lipinski definition) is 4. The molecule has 2 atom stereocenters. The Morgan fingerprint density at radius 2 is 2.24 bits per heavy atom. The fraction of sp³-hybridized carbons (Fsp3) is 1.00. The van der Waals surface area contributed by atoms with Gasteiger partial charge in [-0.1, -0.05) is 0 Å². The van der Waals surface area contributed by atoms with Crippen LogP contribution in [0.15, 0.2) is 0 Å². The summed E-state index contributed by atoms with van der Waals surface area (Å²) < 4.78 is 24.5. The molecule has 1 heterocycles. The molecule has 0 aromatic rings. The van der Waals surface area contributed by atoms with Gasteiger partial charge in [0.05, 0.1) is 6.26 Å². The van der Waals surface area contributed by atoms with Crippen LogP contribution in [0.2, 0.25) is 0 Å². The van der Waals surface area contributed by atoms with Crippen molar-refractivity contribution in [3.63, 3.8) is 0 Å². The summed E-state index contributed by atoms with van der Waals surface area (Å²) in [5, 5.41) is 12.1. The summed E-state index contributed by atoms with van der Waals surface area (Å²) in [6.45, 7) is 4.33. The van der Waals surface area contributed by atoms with Gasteiger partial charge in [-0.05, 0) is 38.6 Å². The van der Waals surface area contributed by atoms with Crippen LogP contribution in [0.25, 0.3) is 0 Å². The van der Waals surface area contributed by atoms with Crippen LogP contribution < -0.4 is 5.32 Å². The lowest BCUT2D eigenvalue weighted by atomic mass is 9.99. The Hall–Kier alpha value is -0.170. The summed E-state index contributed by atoms with van der Waals surface area (Å²) in [5.41, 5.74) is 0. The van der Waals surface area contributed by atoms with Crippen molar-refractivity contribution in [3.05, 3.63) is 0 Å². The monoisotopic (exact) mass is 264 g/mol. The van der Waals surface area contributed by atoms with Crippen molar-refractivity contribution < 1.29 is 13.5 Å². The summed E-state index contributed by atoms with van der Waals surface area (Å²) in [4.78, 5) is 0. The quantitative estimate of drug-likeness (QED) is 0.709. The fourth-order valence-electron chi connectivity index (χ4n) is 2.16. The topological polar surface area (TPSA) is 69.6 Å². The van der Waals surface area contributed by atoms with E-state index in [1.165, 1.54) is 6.26 Å². The minimum absolute atomic E-state index is 0.189. The first-order valence-corrected chi connectivity index (χ1v) is 8.07. The summed E-state index contributed by atoms with van der Waals surface area (Å²) in [7, 11) is -3.04. The van der Waals surface area contributed by atoms with Crippen LogP contribution in [0.5, 0.6) is 0 Å². The number of sulfonamides is 1. The van der Waals surface area contributed by atoms with E-state index >= 15 is 0 Å². The van der Waals surface area contributed by atoms with Crippen molar-refractivity contribution >= 4 is 10.0 Å². The predicted molar refractivity (Wildman–Crippen MR) is 68.3 cm³/mol. The number of nitrogens with one attached hydrogen (secondary N) is 1. The van der Waals surface area contributed by atoms with Gasteiger partial charge in [-0.15, -0.1) is 0 Å². The molecule has 0 spiro atoms.